The van der Waals surface area contributed by atoms with Gasteiger partial charge in [0.05, 0.1) is 18.8 Å². The van der Waals surface area contributed by atoms with Gasteiger partial charge >= 0.3 is 5.97 Å². The van der Waals surface area contributed by atoms with Gasteiger partial charge in [0.2, 0.25) is 0 Å². The molecular formula is C18H28O3. The zero-order chi connectivity index (χ0) is 15.3. The van der Waals surface area contributed by atoms with Crippen LogP contribution < -0.4 is 0 Å². The molecule has 1 saturated carbocycles. The standard InChI is InChI=1S/C18H28O3/c1-12-9-13(2)17(10-20-15(4)19)11-21-18(7-5-6-8-18)16(12)14(17)3/h9,13-14,16H,5-8,10-11H2,1-4H3/t13-,14+,16-,17+/m1/s1. The Bertz CT molecular complexity index is 461. The van der Waals surface area contributed by atoms with Crippen LogP contribution in [0.2, 0.25) is 0 Å². The van der Waals surface area contributed by atoms with Crippen LogP contribution in [0, 0.1) is 23.2 Å². The van der Waals surface area contributed by atoms with E-state index in [-0.39, 0.29) is 17.0 Å². The van der Waals surface area contributed by atoms with E-state index in [0.717, 1.165) is 6.61 Å². The third-order valence-electron chi connectivity index (χ3n) is 6.51. The average Bonchev–Trinajstić information content (AvgIpc) is 2.86. The number of carbonyl (C=O) groups excluding carboxylic acids is 1. The van der Waals surface area contributed by atoms with Gasteiger partial charge in [0, 0.05) is 18.3 Å². The van der Waals surface area contributed by atoms with E-state index in [9.17, 15) is 4.79 Å². The zero-order valence-electron chi connectivity index (χ0n) is 13.8. The molecule has 3 heteroatoms. The van der Waals surface area contributed by atoms with Crippen molar-refractivity contribution in [2.45, 2.75) is 59.0 Å². The van der Waals surface area contributed by atoms with Crippen molar-refractivity contribution in [3.05, 3.63) is 11.6 Å². The largest absolute Gasteiger partial charge is 0.465 e. The Morgan fingerprint density at radius 3 is 2.67 bits per heavy atom. The highest BCUT2D eigenvalue weighted by atomic mass is 16.5. The van der Waals surface area contributed by atoms with Gasteiger partial charge in [-0.2, -0.15) is 0 Å². The van der Waals surface area contributed by atoms with E-state index in [1.54, 1.807) is 0 Å². The van der Waals surface area contributed by atoms with Gasteiger partial charge in [-0.05, 0) is 31.6 Å². The molecule has 3 nitrogen and oxygen atoms in total. The second-order valence-electron chi connectivity index (χ2n) is 7.54. The lowest BCUT2D eigenvalue weighted by Crippen LogP contribution is -2.61. The molecule has 0 aromatic heterocycles. The number of allylic oxidation sites excluding steroid dienone is 1. The number of esters is 1. The molecule has 0 amide bonds. The smallest absolute Gasteiger partial charge is 0.302 e. The van der Waals surface area contributed by atoms with E-state index in [1.807, 2.05) is 0 Å². The summed E-state index contributed by atoms with van der Waals surface area (Å²) in [6.07, 6.45) is 7.35. The van der Waals surface area contributed by atoms with Gasteiger partial charge in [-0.1, -0.05) is 38.3 Å². The molecule has 0 aromatic carbocycles. The molecular weight excluding hydrogens is 264 g/mol. The van der Waals surface area contributed by atoms with E-state index >= 15 is 0 Å². The summed E-state index contributed by atoms with van der Waals surface area (Å²) in [7, 11) is 0. The second-order valence-corrected chi connectivity index (χ2v) is 7.54. The zero-order valence-corrected chi connectivity index (χ0v) is 13.8. The van der Waals surface area contributed by atoms with Crippen molar-refractivity contribution in [1.29, 1.82) is 0 Å². The van der Waals surface area contributed by atoms with Gasteiger partial charge in [0.15, 0.2) is 0 Å². The van der Waals surface area contributed by atoms with E-state index < -0.39 is 0 Å². The van der Waals surface area contributed by atoms with Crippen molar-refractivity contribution >= 4 is 5.97 Å². The van der Waals surface area contributed by atoms with Crippen molar-refractivity contribution in [2.75, 3.05) is 13.2 Å². The van der Waals surface area contributed by atoms with Crippen LogP contribution in [-0.4, -0.2) is 24.8 Å². The summed E-state index contributed by atoms with van der Waals surface area (Å²) in [5.41, 5.74) is 1.49. The summed E-state index contributed by atoms with van der Waals surface area (Å²) in [6, 6.07) is 0. The first-order chi connectivity index (χ1) is 9.91. The number of hydrogen-bond donors (Lipinski definition) is 0. The highest BCUT2D eigenvalue weighted by molar-refractivity contribution is 5.66. The topological polar surface area (TPSA) is 35.5 Å². The summed E-state index contributed by atoms with van der Waals surface area (Å²) in [5, 5.41) is 0. The first-order valence-corrected chi connectivity index (χ1v) is 8.37. The van der Waals surface area contributed by atoms with Crippen LogP contribution in [-0.2, 0) is 14.3 Å². The molecule has 1 heterocycles. The summed E-state index contributed by atoms with van der Waals surface area (Å²) >= 11 is 0. The fourth-order valence-corrected chi connectivity index (χ4v) is 5.28. The minimum atomic E-state index is -0.187. The maximum atomic E-state index is 11.3. The predicted molar refractivity (Wildman–Crippen MR) is 81.8 cm³/mol. The van der Waals surface area contributed by atoms with E-state index in [4.69, 9.17) is 9.47 Å². The fraction of sp³-hybridized carbons (Fsp3) is 0.833. The Kier molecular flexibility index (Phi) is 3.67. The molecule has 4 atom stereocenters. The number of carbonyl (C=O) groups is 1. The Labute approximate surface area is 128 Å². The summed E-state index contributed by atoms with van der Waals surface area (Å²) in [6.45, 7) is 9.57. The molecule has 0 aromatic rings. The van der Waals surface area contributed by atoms with Gasteiger partial charge in [-0.25, -0.2) is 0 Å². The van der Waals surface area contributed by atoms with E-state index in [1.165, 1.54) is 38.2 Å². The molecule has 118 valence electrons. The van der Waals surface area contributed by atoms with E-state index in [2.05, 4.69) is 26.8 Å². The Balaban J connectivity index is 1.95. The van der Waals surface area contributed by atoms with Crippen LogP contribution >= 0.6 is 0 Å². The van der Waals surface area contributed by atoms with Crippen molar-refractivity contribution in [2.24, 2.45) is 23.2 Å². The molecule has 0 N–H and O–H groups in total. The van der Waals surface area contributed by atoms with Gasteiger partial charge in [0.1, 0.15) is 0 Å². The minimum Gasteiger partial charge on any atom is -0.465 e. The van der Waals surface area contributed by atoms with Crippen molar-refractivity contribution < 1.29 is 14.3 Å². The van der Waals surface area contributed by atoms with Crippen molar-refractivity contribution in [3.8, 4) is 0 Å². The Morgan fingerprint density at radius 1 is 1.38 bits per heavy atom. The van der Waals surface area contributed by atoms with E-state index in [0.29, 0.717) is 24.4 Å². The maximum Gasteiger partial charge on any atom is 0.302 e. The molecule has 1 spiro atoms. The predicted octanol–water partition coefficient (Wildman–Crippen LogP) is 3.73. The van der Waals surface area contributed by atoms with Gasteiger partial charge in [-0.3, -0.25) is 4.79 Å². The molecule has 2 fully saturated rings. The number of ether oxygens (including phenoxy) is 2. The van der Waals surface area contributed by atoms with Crippen LogP contribution in [0.4, 0.5) is 0 Å². The lowest BCUT2D eigenvalue weighted by atomic mass is 9.53. The number of hydrogen-bond acceptors (Lipinski definition) is 3. The highest BCUT2D eigenvalue weighted by Crippen LogP contribution is 2.59. The fourth-order valence-electron chi connectivity index (χ4n) is 5.28. The van der Waals surface area contributed by atoms with Crippen LogP contribution in [0.25, 0.3) is 0 Å². The van der Waals surface area contributed by atoms with Crippen LogP contribution in [0.3, 0.4) is 0 Å². The monoisotopic (exact) mass is 292 g/mol. The van der Waals surface area contributed by atoms with Crippen molar-refractivity contribution in [1.82, 2.24) is 0 Å². The lowest BCUT2D eigenvalue weighted by molar-refractivity contribution is -0.217. The number of rotatable bonds is 2. The molecule has 3 aliphatic rings. The summed E-state index contributed by atoms with van der Waals surface area (Å²) in [5.74, 6) is 1.19. The third-order valence-corrected chi connectivity index (χ3v) is 6.51. The summed E-state index contributed by atoms with van der Waals surface area (Å²) in [4.78, 5) is 11.3. The molecule has 0 unspecified atom stereocenters. The first kappa shape index (κ1) is 15.1. The second kappa shape index (κ2) is 5.12. The molecule has 3 rings (SSSR count). The molecule has 1 saturated heterocycles. The SMILES string of the molecule is CC(=O)OC[C@]12COC3(CCCC3)[C@H](C(C)=C[C@H]1C)[C@@H]2C. The highest BCUT2D eigenvalue weighted by Gasteiger charge is 2.60. The normalized spacial score (nSPS) is 41.0. The molecule has 1 aliphatic heterocycles. The maximum absolute atomic E-state index is 11.3. The molecule has 2 aliphatic carbocycles. The Hall–Kier alpha value is -0.830. The average molecular weight is 292 g/mol. The minimum absolute atomic E-state index is 0.0519. The van der Waals surface area contributed by atoms with Crippen LogP contribution in [0.5, 0.6) is 0 Å². The molecule has 2 bridgehead atoms. The quantitative estimate of drug-likeness (QED) is 0.574. The van der Waals surface area contributed by atoms with Crippen LogP contribution in [0.15, 0.2) is 11.6 Å². The molecule has 0 radical (unpaired) electrons. The Morgan fingerprint density at radius 2 is 2.05 bits per heavy atom. The third kappa shape index (κ3) is 2.16. The first-order valence-electron chi connectivity index (χ1n) is 8.37. The van der Waals surface area contributed by atoms with Gasteiger partial charge in [-0.15, -0.1) is 0 Å². The molecule has 21 heavy (non-hydrogen) atoms. The van der Waals surface area contributed by atoms with Gasteiger partial charge < -0.3 is 9.47 Å². The van der Waals surface area contributed by atoms with Gasteiger partial charge in [0.25, 0.3) is 0 Å². The lowest BCUT2D eigenvalue weighted by Gasteiger charge is -2.59. The summed E-state index contributed by atoms with van der Waals surface area (Å²) < 4.78 is 11.9. The van der Waals surface area contributed by atoms with Crippen molar-refractivity contribution in [3.63, 3.8) is 0 Å². The number of fused-ring (bicyclic) bond motifs is 3. The van der Waals surface area contributed by atoms with Crippen LogP contribution in [0.1, 0.15) is 53.4 Å².